The van der Waals surface area contributed by atoms with Gasteiger partial charge in [0.05, 0.1) is 12.1 Å². The number of halogens is 1. The first-order valence-corrected chi connectivity index (χ1v) is 12.0. The minimum Gasteiger partial charge on any atom is -0.497 e. The lowest BCUT2D eigenvalue weighted by Crippen LogP contribution is -2.47. The molecule has 0 amide bonds. The topological polar surface area (TPSA) is 24.9 Å². The second-order valence-electron chi connectivity index (χ2n) is 8.72. The summed E-state index contributed by atoms with van der Waals surface area (Å²) < 4.78 is 11.8. The van der Waals surface area contributed by atoms with Crippen molar-refractivity contribution in [1.82, 2.24) is 4.90 Å². The second-order valence-corrected chi connectivity index (χ2v) is 9.12. The highest BCUT2D eigenvalue weighted by Gasteiger charge is 2.21. The van der Waals surface area contributed by atoms with Crippen molar-refractivity contribution >= 4 is 17.3 Å². The maximum Gasteiger partial charge on any atom is 0.139 e. The minimum absolute atomic E-state index is 0.0791. The first-order valence-electron chi connectivity index (χ1n) is 11.6. The molecule has 1 fully saturated rings. The molecule has 1 aliphatic heterocycles. The lowest BCUT2D eigenvalue weighted by Gasteiger charge is -2.37. The van der Waals surface area contributed by atoms with Gasteiger partial charge in [0.1, 0.15) is 17.6 Å². The molecule has 3 aromatic rings. The average Bonchev–Trinajstić information content (AvgIpc) is 2.84. The molecule has 0 spiro atoms. The third-order valence-corrected chi connectivity index (χ3v) is 6.69. The van der Waals surface area contributed by atoms with Crippen molar-refractivity contribution < 1.29 is 9.47 Å². The van der Waals surface area contributed by atoms with Gasteiger partial charge in [0.25, 0.3) is 0 Å². The monoisotopic (exact) mass is 464 g/mol. The summed E-state index contributed by atoms with van der Waals surface area (Å²) in [5.41, 5.74) is 4.96. The molecule has 1 aliphatic rings. The van der Waals surface area contributed by atoms with Crippen LogP contribution in [-0.4, -0.2) is 44.7 Å². The van der Waals surface area contributed by atoms with Crippen molar-refractivity contribution in [2.75, 3.05) is 44.7 Å². The Labute approximate surface area is 202 Å². The van der Waals surface area contributed by atoms with Crippen LogP contribution in [0, 0.1) is 13.8 Å². The van der Waals surface area contributed by atoms with Crippen LogP contribution in [0.15, 0.2) is 66.7 Å². The standard InChI is InChI=1S/C28H33ClN2O2/c1-21-8-13-25(29)28(20-21)33-27(23-9-11-24(32-3)12-10-23)14-15-30-16-18-31(19-17-30)26-7-5-4-6-22(26)2/h4-13,20,27H,14-19H2,1-3H3/t27-/m1/s1. The van der Waals surface area contributed by atoms with Gasteiger partial charge < -0.3 is 14.4 Å². The first-order chi connectivity index (χ1) is 16.0. The lowest BCUT2D eigenvalue weighted by molar-refractivity contribution is 0.160. The Morgan fingerprint density at radius 1 is 0.909 bits per heavy atom. The molecular weight excluding hydrogens is 432 g/mol. The van der Waals surface area contributed by atoms with Crippen molar-refractivity contribution in [2.45, 2.75) is 26.4 Å². The number of nitrogens with zero attached hydrogens (tertiary/aromatic N) is 2. The highest BCUT2D eigenvalue weighted by molar-refractivity contribution is 6.32. The zero-order chi connectivity index (χ0) is 23.2. The maximum absolute atomic E-state index is 6.47. The highest BCUT2D eigenvalue weighted by Crippen LogP contribution is 2.32. The Morgan fingerprint density at radius 3 is 2.33 bits per heavy atom. The smallest absolute Gasteiger partial charge is 0.139 e. The molecule has 0 N–H and O–H groups in total. The maximum atomic E-state index is 6.47. The van der Waals surface area contributed by atoms with E-state index < -0.39 is 0 Å². The van der Waals surface area contributed by atoms with E-state index in [0.29, 0.717) is 5.02 Å². The molecule has 1 atom stereocenters. The minimum atomic E-state index is -0.0791. The van der Waals surface area contributed by atoms with Crippen LogP contribution in [0.3, 0.4) is 0 Å². The molecule has 174 valence electrons. The summed E-state index contributed by atoms with van der Waals surface area (Å²) in [4.78, 5) is 5.03. The van der Waals surface area contributed by atoms with E-state index in [2.05, 4.69) is 60.0 Å². The van der Waals surface area contributed by atoms with Crippen LogP contribution in [0.1, 0.15) is 29.2 Å². The fourth-order valence-electron chi connectivity index (χ4n) is 4.40. The van der Waals surface area contributed by atoms with Crippen LogP contribution < -0.4 is 14.4 Å². The molecule has 0 aliphatic carbocycles. The van der Waals surface area contributed by atoms with E-state index in [1.807, 2.05) is 30.3 Å². The predicted molar refractivity (Wildman–Crippen MR) is 137 cm³/mol. The summed E-state index contributed by atoms with van der Waals surface area (Å²) in [5.74, 6) is 1.58. The number of aryl methyl sites for hydroxylation is 2. The van der Waals surface area contributed by atoms with Gasteiger partial charge in [0.15, 0.2) is 0 Å². The quantitative estimate of drug-likeness (QED) is 0.390. The van der Waals surface area contributed by atoms with Crippen molar-refractivity contribution in [3.8, 4) is 11.5 Å². The van der Waals surface area contributed by atoms with Crippen LogP contribution in [0.4, 0.5) is 5.69 Å². The molecule has 0 bridgehead atoms. The molecule has 5 heteroatoms. The Bertz CT molecular complexity index is 1050. The zero-order valence-corrected chi connectivity index (χ0v) is 20.5. The van der Waals surface area contributed by atoms with Gasteiger partial charge in [-0.25, -0.2) is 0 Å². The molecule has 0 aromatic heterocycles. The lowest BCUT2D eigenvalue weighted by atomic mass is 10.1. The van der Waals surface area contributed by atoms with Gasteiger partial charge in [-0.1, -0.05) is 48.0 Å². The molecule has 3 aromatic carbocycles. The van der Waals surface area contributed by atoms with Crippen molar-refractivity contribution in [2.24, 2.45) is 0 Å². The molecule has 33 heavy (non-hydrogen) atoms. The SMILES string of the molecule is COc1ccc([C@@H](CCN2CCN(c3ccccc3C)CC2)Oc2cc(C)ccc2Cl)cc1. The van der Waals surface area contributed by atoms with Crippen LogP contribution in [0.5, 0.6) is 11.5 Å². The number of rotatable bonds is 8. The Kier molecular flexibility index (Phi) is 7.79. The van der Waals surface area contributed by atoms with E-state index in [0.717, 1.165) is 61.8 Å². The molecule has 1 heterocycles. The number of hydrogen-bond donors (Lipinski definition) is 0. The normalized spacial score (nSPS) is 15.3. The summed E-state index contributed by atoms with van der Waals surface area (Å²) in [7, 11) is 1.69. The summed E-state index contributed by atoms with van der Waals surface area (Å²) in [6.45, 7) is 9.41. The number of benzene rings is 3. The average molecular weight is 465 g/mol. The van der Waals surface area contributed by atoms with E-state index in [1.165, 1.54) is 11.3 Å². The second kappa shape index (κ2) is 11.0. The number of anilines is 1. The third kappa shape index (κ3) is 6.01. The fraction of sp³-hybridized carbons (Fsp3) is 0.357. The molecule has 1 saturated heterocycles. The molecule has 0 radical (unpaired) electrons. The number of piperazine rings is 1. The van der Waals surface area contributed by atoms with Gasteiger partial charge in [0, 0.05) is 44.8 Å². The third-order valence-electron chi connectivity index (χ3n) is 6.38. The van der Waals surface area contributed by atoms with E-state index in [4.69, 9.17) is 21.1 Å². The molecule has 4 rings (SSSR count). The fourth-order valence-corrected chi connectivity index (χ4v) is 4.56. The van der Waals surface area contributed by atoms with Gasteiger partial charge in [-0.05, 0) is 60.9 Å². The van der Waals surface area contributed by atoms with Gasteiger partial charge in [-0.15, -0.1) is 0 Å². The van der Waals surface area contributed by atoms with E-state index in [9.17, 15) is 0 Å². The number of hydrogen-bond acceptors (Lipinski definition) is 4. The summed E-state index contributed by atoms with van der Waals surface area (Å²) in [6, 6.07) is 22.7. The van der Waals surface area contributed by atoms with Gasteiger partial charge in [-0.3, -0.25) is 4.90 Å². The molecular formula is C28H33ClN2O2. The van der Waals surface area contributed by atoms with Gasteiger partial charge in [-0.2, -0.15) is 0 Å². The highest BCUT2D eigenvalue weighted by atomic mass is 35.5. The van der Waals surface area contributed by atoms with E-state index in [-0.39, 0.29) is 6.10 Å². The van der Waals surface area contributed by atoms with Crippen molar-refractivity contribution in [3.63, 3.8) is 0 Å². The zero-order valence-electron chi connectivity index (χ0n) is 19.8. The Balaban J connectivity index is 1.42. The molecule has 0 unspecified atom stereocenters. The number of ether oxygens (including phenoxy) is 2. The summed E-state index contributed by atoms with van der Waals surface area (Å²) >= 11 is 6.45. The summed E-state index contributed by atoms with van der Waals surface area (Å²) in [5, 5.41) is 0.644. The summed E-state index contributed by atoms with van der Waals surface area (Å²) in [6.07, 6.45) is 0.811. The van der Waals surface area contributed by atoms with Crippen LogP contribution in [0.25, 0.3) is 0 Å². The molecule has 4 nitrogen and oxygen atoms in total. The number of para-hydroxylation sites is 1. The number of methoxy groups -OCH3 is 1. The van der Waals surface area contributed by atoms with Crippen LogP contribution >= 0.6 is 11.6 Å². The molecule has 0 saturated carbocycles. The van der Waals surface area contributed by atoms with Crippen molar-refractivity contribution in [3.05, 3.63) is 88.4 Å². The van der Waals surface area contributed by atoms with E-state index >= 15 is 0 Å². The van der Waals surface area contributed by atoms with Gasteiger partial charge in [0.2, 0.25) is 0 Å². The van der Waals surface area contributed by atoms with Crippen molar-refractivity contribution in [1.29, 1.82) is 0 Å². The largest absolute Gasteiger partial charge is 0.497 e. The van der Waals surface area contributed by atoms with E-state index in [1.54, 1.807) is 7.11 Å². The van der Waals surface area contributed by atoms with Crippen LogP contribution in [0.2, 0.25) is 5.02 Å². The van der Waals surface area contributed by atoms with Gasteiger partial charge >= 0.3 is 0 Å². The predicted octanol–water partition coefficient (Wildman–Crippen LogP) is 6.30. The van der Waals surface area contributed by atoms with Crippen LogP contribution in [-0.2, 0) is 0 Å². The first kappa shape index (κ1) is 23.5. The Hall–Kier alpha value is -2.69. The Morgan fingerprint density at radius 2 is 1.64 bits per heavy atom.